The third kappa shape index (κ3) is 4.39. The molecule has 1 aliphatic rings. The molecule has 0 spiro atoms. The summed E-state index contributed by atoms with van der Waals surface area (Å²) in [4.78, 5) is 23.4. The van der Waals surface area contributed by atoms with Gasteiger partial charge in [-0.3, -0.25) is 4.79 Å². The fraction of sp³-hybridized carbons (Fsp3) is 0.588. The SMILES string of the molecule is CCSCCC(=O)N1CCC[C@H](c2nccn2Cc2cscn2)C1. The molecule has 0 aliphatic carbocycles. The van der Waals surface area contributed by atoms with Crippen LogP contribution in [0, 0.1) is 0 Å². The van der Waals surface area contributed by atoms with E-state index in [9.17, 15) is 4.79 Å². The molecule has 0 N–H and O–H groups in total. The Balaban J connectivity index is 1.62. The maximum absolute atomic E-state index is 12.4. The van der Waals surface area contributed by atoms with E-state index in [2.05, 4.69) is 26.8 Å². The smallest absolute Gasteiger partial charge is 0.223 e. The van der Waals surface area contributed by atoms with Crippen LogP contribution in [0.5, 0.6) is 0 Å². The molecule has 24 heavy (non-hydrogen) atoms. The molecular formula is C17H24N4OS2. The molecule has 1 fully saturated rings. The molecule has 1 amide bonds. The number of aromatic nitrogens is 3. The van der Waals surface area contributed by atoms with Gasteiger partial charge in [-0.05, 0) is 18.6 Å². The Morgan fingerprint density at radius 2 is 2.38 bits per heavy atom. The molecule has 5 nitrogen and oxygen atoms in total. The minimum Gasteiger partial charge on any atom is -0.342 e. The Morgan fingerprint density at radius 1 is 1.46 bits per heavy atom. The second-order valence-electron chi connectivity index (χ2n) is 6.02. The summed E-state index contributed by atoms with van der Waals surface area (Å²) in [7, 11) is 0. The van der Waals surface area contributed by atoms with Gasteiger partial charge in [0.05, 0.1) is 17.7 Å². The standard InChI is InChI=1S/C17H24N4OS2/c1-2-23-9-5-16(22)20-7-3-4-14(10-20)17-18-6-8-21(17)11-15-12-24-13-19-15/h6,8,12-14H,2-5,7,9-11H2,1H3/t14-/m0/s1. The number of rotatable bonds is 7. The van der Waals surface area contributed by atoms with Crippen LogP contribution in [-0.2, 0) is 11.3 Å². The molecule has 0 bridgehead atoms. The highest BCUT2D eigenvalue weighted by Gasteiger charge is 2.27. The van der Waals surface area contributed by atoms with E-state index in [1.807, 2.05) is 34.6 Å². The van der Waals surface area contributed by atoms with E-state index in [0.717, 1.165) is 55.5 Å². The van der Waals surface area contributed by atoms with Gasteiger partial charge in [-0.1, -0.05) is 6.92 Å². The summed E-state index contributed by atoms with van der Waals surface area (Å²) in [6.45, 7) is 4.58. The number of hydrogen-bond donors (Lipinski definition) is 0. The van der Waals surface area contributed by atoms with Gasteiger partial charge >= 0.3 is 0 Å². The fourth-order valence-corrected chi connectivity index (χ4v) is 4.34. The fourth-order valence-electron chi connectivity index (χ4n) is 3.18. The quantitative estimate of drug-likeness (QED) is 0.708. The zero-order valence-corrected chi connectivity index (χ0v) is 15.7. The van der Waals surface area contributed by atoms with Gasteiger partial charge in [0.25, 0.3) is 0 Å². The number of imidazole rings is 1. The summed E-state index contributed by atoms with van der Waals surface area (Å²) in [6, 6.07) is 0. The van der Waals surface area contributed by atoms with E-state index in [4.69, 9.17) is 0 Å². The van der Waals surface area contributed by atoms with Gasteiger partial charge in [0, 0.05) is 49.0 Å². The monoisotopic (exact) mass is 364 g/mol. The van der Waals surface area contributed by atoms with E-state index >= 15 is 0 Å². The molecule has 130 valence electrons. The van der Waals surface area contributed by atoms with Crippen molar-refractivity contribution in [2.24, 2.45) is 0 Å². The van der Waals surface area contributed by atoms with Gasteiger partial charge in [0.15, 0.2) is 0 Å². The average molecular weight is 365 g/mol. The summed E-state index contributed by atoms with van der Waals surface area (Å²) in [5, 5.41) is 2.08. The van der Waals surface area contributed by atoms with Crippen molar-refractivity contribution < 1.29 is 4.79 Å². The Labute approximate surface area is 151 Å². The lowest BCUT2D eigenvalue weighted by Gasteiger charge is -2.32. The Hall–Kier alpha value is -1.34. The summed E-state index contributed by atoms with van der Waals surface area (Å²) >= 11 is 3.45. The summed E-state index contributed by atoms with van der Waals surface area (Å²) in [5.74, 6) is 3.70. The Bertz CT molecular complexity index is 641. The maximum atomic E-state index is 12.4. The number of piperidine rings is 1. The first-order valence-electron chi connectivity index (χ1n) is 8.51. The third-order valence-electron chi connectivity index (χ3n) is 4.37. The highest BCUT2D eigenvalue weighted by Crippen LogP contribution is 2.27. The first kappa shape index (κ1) is 17.5. The second-order valence-corrected chi connectivity index (χ2v) is 8.13. The molecule has 0 unspecified atom stereocenters. The molecule has 3 rings (SSSR count). The van der Waals surface area contributed by atoms with Crippen LogP contribution in [0.25, 0.3) is 0 Å². The lowest BCUT2D eigenvalue weighted by Crippen LogP contribution is -2.40. The topological polar surface area (TPSA) is 51.0 Å². The lowest BCUT2D eigenvalue weighted by atomic mass is 9.97. The van der Waals surface area contributed by atoms with Gasteiger partial charge in [0.1, 0.15) is 5.82 Å². The van der Waals surface area contributed by atoms with E-state index in [-0.39, 0.29) is 0 Å². The Morgan fingerprint density at radius 3 is 3.17 bits per heavy atom. The van der Waals surface area contributed by atoms with Gasteiger partial charge < -0.3 is 9.47 Å². The van der Waals surface area contributed by atoms with E-state index in [1.165, 1.54) is 0 Å². The van der Waals surface area contributed by atoms with Crippen LogP contribution in [-0.4, -0.2) is 49.9 Å². The van der Waals surface area contributed by atoms with E-state index < -0.39 is 0 Å². The number of thioether (sulfide) groups is 1. The predicted molar refractivity (Wildman–Crippen MR) is 99.6 cm³/mol. The molecule has 7 heteroatoms. The minimum atomic E-state index is 0.290. The van der Waals surface area contributed by atoms with E-state index in [0.29, 0.717) is 18.2 Å². The van der Waals surface area contributed by atoms with Crippen molar-refractivity contribution in [2.45, 2.75) is 38.6 Å². The zero-order valence-electron chi connectivity index (χ0n) is 14.1. The lowest BCUT2D eigenvalue weighted by molar-refractivity contribution is -0.132. The van der Waals surface area contributed by atoms with Crippen LogP contribution in [0.4, 0.5) is 0 Å². The molecule has 0 radical (unpaired) electrons. The van der Waals surface area contributed by atoms with Crippen LogP contribution in [0.2, 0.25) is 0 Å². The molecule has 0 saturated carbocycles. The third-order valence-corrected chi connectivity index (χ3v) is 5.90. The number of amides is 1. The molecular weight excluding hydrogens is 340 g/mol. The van der Waals surface area contributed by atoms with Gasteiger partial charge in [0.2, 0.25) is 5.91 Å². The summed E-state index contributed by atoms with van der Waals surface area (Å²) in [5.41, 5.74) is 2.93. The van der Waals surface area contributed by atoms with Crippen molar-refractivity contribution in [2.75, 3.05) is 24.6 Å². The predicted octanol–water partition coefficient (Wildman–Crippen LogP) is 3.24. The summed E-state index contributed by atoms with van der Waals surface area (Å²) < 4.78 is 2.18. The molecule has 1 aliphatic heterocycles. The molecule has 1 atom stereocenters. The molecule has 2 aromatic rings. The largest absolute Gasteiger partial charge is 0.342 e. The first-order chi connectivity index (χ1) is 11.8. The molecule has 1 saturated heterocycles. The van der Waals surface area contributed by atoms with Crippen LogP contribution in [0.15, 0.2) is 23.3 Å². The number of thiazole rings is 1. The van der Waals surface area contributed by atoms with Crippen LogP contribution in [0.1, 0.15) is 43.6 Å². The van der Waals surface area contributed by atoms with Gasteiger partial charge in [-0.15, -0.1) is 11.3 Å². The highest BCUT2D eigenvalue weighted by atomic mass is 32.2. The van der Waals surface area contributed by atoms with Crippen molar-refractivity contribution in [1.82, 2.24) is 19.4 Å². The van der Waals surface area contributed by atoms with Gasteiger partial charge in [-0.25, -0.2) is 9.97 Å². The summed E-state index contributed by atoms with van der Waals surface area (Å²) in [6.07, 6.45) is 6.69. The highest BCUT2D eigenvalue weighted by molar-refractivity contribution is 7.99. The van der Waals surface area contributed by atoms with Crippen molar-refractivity contribution in [3.8, 4) is 0 Å². The average Bonchev–Trinajstić information content (AvgIpc) is 3.27. The number of carbonyl (C=O) groups is 1. The van der Waals surface area contributed by atoms with Crippen molar-refractivity contribution in [1.29, 1.82) is 0 Å². The number of carbonyl (C=O) groups excluding carboxylic acids is 1. The van der Waals surface area contributed by atoms with Crippen LogP contribution >= 0.6 is 23.1 Å². The molecule has 2 aromatic heterocycles. The number of nitrogens with zero attached hydrogens (tertiary/aromatic N) is 4. The zero-order chi connectivity index (χ0) is 16.8. The second kappa shape index (κ2) is 8.67. The number of hydrogen-bond acceptors (Lipinski definition) is 5. The van der Waals surface area contributed by atoms with Crippen LogP contribution < -0.4 is 0 Å². The van der Waals surface area contributed by atoms with Crippen molar-refractivity contribution in [3.05, 3.63) is 34.8 Å². The normalized spacial score (nSPS) is 18.0. The van der Waals surface area contributed by atoms with E-state index in [1.54, 1.807) is 11.3 Å². The molecule has 0 aromatic carbocycles. The van der Waals surface area contributed by atoms with Crippen molar-refractivity contribution in [3.63, 3.8) is 0 Å². The molecule has 3 heterocycles. The van der Waals surface area contributed by atoms with Crippen LogP contribution in [0.3, 0.4) is 0 Å². The Kier molecular flexibility index (Phi) is 6.31. The first-order valence-corrected chi connectivity index (χ1v) is 10.6. The minimum absolute atomic E-state index is 0.290. The number of likely N-dealkylation sites (tertiary alicyclic amines) is 1. The maximum Gasteiger partial charge on any atom is 0.223 e. The van der Waals surface area contributed by atoms with Crippen molar-refractivity contribution >= 4 is 29.0 Å². The van der Waals surface area contributed by atoms with Gasteiger partial charge in [-0.2, -0.15) is 11.8 Å².